The maximum absolute atomic E-state index is 5.78. The van der Waals surface area contributed by atoms with E-state index in [1.807, 2.05) is 11.6 Å². The molecule has 1 unspecified atom stereocenters. The summed E-state index contributed by atoms with van der Waals surface area (Å²) in [7, 11) is 1.63. The van der Waals surface area contributed by atoms with Crippen molar-refractivity contribution in [2.24, 2.45) is 5.84 Å². The Morgan fingerprint density at radius 3 is 2.80 bits per heavy atom. The number of rotatable bonds is 6. The Morgan fingerprint density at radius 1 is 1.50 bits per heavy atom. The van der Waals surface area contributed by atoms with Gasteiger partial charge in [-0.1, -0.05) is 11.4 Å². The van der Waals surface area contributed by atoms with Gasteiger partial charge in [0.15, 0.2) is 5.75 Å². The van der Waals surface area contributed by atoms with Gasteiger partial charge in [-0.05, 0) is 31.8 Å². The number of nitrogens with zero attached hydrogens (tertiary/aromatic N) is 4. The summed E-state index contributed by atoms with van der Waals surface area (Å²) in [6.45, 7) is 6.18. The van der Waals surface area contributed by atoms with Crippen LogP contribution in [-0.4, -0.2) is 26.5 Å². The Labute approximate surface area is 122 Å². The fourth-order valence-electron chi connectivity index (χ4n) is 2.16. The van der Waals surface area contributed by atoms with E-state index in [2.05, 4.69) is 34.0 Å². The zero-order valence-corrected chi connectivity index (χ0v) is 12.9. The lowest BCUT2D eigenvalue weighted by molar-refractivity contribution is 0.394. The van der Waals surface area contributed by atoms with E-state index in [1.165, 1.54) is 11.5 Å². The van der Waals surface area contributed by atoms with Crippen molar-refractivity contribution < 1.29 is 4.74 Å². The average molecular weight is 296 g/mol. The van der Waals surface area contributed by atoms with Gasteiger partial charge in [-0.25, -0.2) is 5.43 Å². The van der Waals surface area contributed by atoms with E-state index in [1.54, 1.807) is 13.3 Å². The van der Waals surface area contributed by atoms with Crippen LogP contribution in [0.4, 0.5) is 0 Å². The summed E-state index contributed by atoms with van der Waals surface area (Å²) in [6.07, 6.45) is 2.52. The topological polar surface area (TPSA) is 90.9 Å². The lowest BCUT2D eigenvalue weighted by Gasteiger charge is -2.20. The van der Waals surface area contributed by atoms with Crippen LogP contribution >= 0.6 is 11.5 Å². The first-order valence-electron chi connectivity index (χ1n) is 6.52. The zero-order chi connectivity index (χ0) is 14.7. The predicted molar refractivity (Wildman–Crippen MR) is 77.6 cm³/mol. The summed E-state index contributed by atoms with van der Waals surface area (Å²) < 4.78 is 11.3. The van der Waals surface area contributed by atoms with Gasteiger partial charge >= 0.3 is 0 Å². The Morgan fingerprint density at radius 2 is 2.25 bits per heavy atom. The molecule has 0 saturated carbocycles. The summed E-state index contributed by atoms with van der Waals surface area (Å²) >= 11 is 1.34. The fraction of sp³-hybridized carbons (Fsp3) is 0.583. The zero-order valence-electron chi connectivity index (χ0n) is 12.1. The maximum atomic E-state index is 5.78. The number of aryl methyl sites for hydroxylation is 1. The molecule has 2 aromatic rings. The molecule has 0 bridgehead atoms. The standard InChI is InChI=1S/C12H20N6OS/c1-5-8-12(20-17-16-8)10(15-13)11-9(19-4)6-14-18(11)7(2)3/h6-7,10,15H,5,13H2,1-4H3. The SMILES string of the molecule is CCc1nnsc1C(NN)c1c(OC)cnn1C(C)C. The number of nitrogens with two attached hydrogens (primary N) is 1. The first-order chi connectivity index (χ1) is 9.63. The monoisotopic (exact) mass is 296 g/mol. The lowest BCUT2D eigenvalue weighted by atomic mass is 10.1. The second-order valence-electron chi connectivity index (χ2n) is 4.67. The van der Waals surface area contributed by atoms with E-state index in [9.17, 15) is 0 Å². The van der Waals surface area contributed by atoms with Gasteiger partial charge in [0, 0.05) is 6.04 Å². The molecule has 0 radical (unpaired) electrons. The van der Waals surface area contributed by atoms with Gasteiger partial charge in [0.25, 0.3) is 0 Å². The summed E-state index contributed by atoms with van der Waals surface area (Å²) in [5, 5.41) is 8.53. The summed E-state index contributed by atoms with van der Waals surface area (Å²) in [5.41, 5.74) is 4.68. The molecule has 1 atom stereocenters. The van der Waals surface area contributed by atoms with Crippen molar-refractivity contribution in [3.05, 3.63) is 22.5 Å². The van der Waals surface area contributed by atoms with Gasteiger partial charge in [-0.3, -0.25) is 10.5 Å². The van der Waals surface area contributed by atoms with Crippen molar-refractivity contribution in [3.8, 4) is 5.75 Å². The number of hydrogen-bond acceptors (Lipinski definition) is 7. The third kappa shape index (κ3) is 2.54. The Kier molecular flexibility index (Phi) is 4.69. The number of aromatic nitrogens is 4. The van der Waals surface area contributed by atoms with E-state index in [0.29, 0.717) is 5.75 Å². The molecule has 0 aliphatic heterocycles. The van der Waals surface area contributed by atoms with Gasteiger partial charge in [-0.15, -0.1) is 5.10 Å². The van der Waals surface area contributed by atoms with Crippen molar-refractivity contribution in [1.82, 2.24) is 24.8 Å². The quantitative estimate of drug-likeness (QED) is 0.619. The molecule has 0 saturated heterocycles. The van der Waals surface area contributed by atoms with E-state index in [4.69, 9.17) is 10.6 Å². The molecular formula is C12H20N6OS. The van der Waals surface area contributed by atoms with Crippen LogP contribution in [0, 0.1) is 0 Å². The van der Waals surface area contributed by atoms with Crippen LogP contribution in [0.3, 0.4) is 0 Å². The molecule has 2 heterocycles. The predicted octanol–water partition coefficient (Wildman–Crippen LogP) is 1.44. The molecule has 7 nitrogen and oxygen atoms in total. The third-order valence-electron chi connectivity index (χ3n) is 3.13. The largest absolute Gasteiger partial charge is 0.493 e. The highest BCUT2D eigenvalue weighted by Gasteiger charge is 2.27. The molecule has 2 rings (SSSR count). The first kappa shape index (κ1) is 14.9. The lowest BCUT2D eigenvalue weighted by Crippen LogP contribution is -2.31. The minimum Gasteiger partial charge on any atom is -0.493 e. The van der Waals surface area contributed by atoms with Crippen LogP contribution in [0.1, 0.15) is 49.1 Å². The second-order valence-corrected chi connectivity index (χ2v) is 5.46. The van der Waals surface area contributed by atoms with Crippen molar-refractivity contribution in [1.29, 1.82) is 0 Å². The maximum Gasteiger partial charge on any atom is 0.162 e. The molecule has 2 aromatic heterocycles. The van der Waals surface area contributed by atoms with Gasteiger partial charge < -0.3 is 4.74 Å². The number of ether oxygens (including phenoxy) is 1. The molecule has 0 spiro atoms. The molecule has 0 aliphatic carbocycles. The molecule has 20 heavy (non-hydrogen) atoms. The molecule has 0 aliphatic rings. The first-order valence-corrected chi connectivity index (χ1v) is 7.29. The van der Waals surface area contributed by atoms with Gasteiger partial charge in [-0.2, -0.15) is 5.10 Å². The third-order valence-corrected chi connectivity index (χ3v) is 3.96. The minimum atomic E-state index is -0.232. The number of methoxy groups -OCH3 is 1. The fourth-order valence-corrected chi connectivity index (χ4v) is 2.96. The highest BCUT2D eigenvalue weighted by Crippen LogP contribution is 2.34. The average Bonchev–Trinajstić information content (AvgIpc) is 3.06. The molecular weight excluding hydrogens is 276 g/mol. The van der Waals surface area contributed by atoms with E-state index >= 15 is 0 Å². The van der Waals surface area contributed by atoms with Crippen LogP contribution in [0.25, 0.3) is 0 Å². The molecule has 8 heteroatoms. The second kappa shape index (κ2) is 6.29. The summed E-state index contributed by atoms with van der Waals surface area (Å²) in [6, 6.07) is -0.0273. The van der Waals surface area contributed by atoms with Crippen molar-refractivity contribution in [2.45, 2.75) is 39.3 Å². The van der Waals surface area contributed by atoms with Crippen molar-refractivity contribution in [3.63, 3.8) is 0 Å². The van der Waals surface area contributed by atoms with Gasteiger partial charge in [0.2, 0.25) is 0 Å². The molecule has 0 aromatic carbocycles. The van der Waals surface area contributed by atoms with E-state index < -0.39 is 0 Å². The van der Waals surface area contributed by atoms with Crippen LogP contribution < -0.4 is 16.0 Å². The van der Waals surface area contributed by atoms with Crippen LogP contribution in [-0.2, 0) is 6.42 Å². The van der Waals surface area contributed by atoms with Crippen molar-refractivity contribution in [2.75, 3.05) is 7.11 Å². The summed E-state index contributed by atoms with van der Waals surface area (Å²) in [5.74, 6) is 6.48. The number of nitrogens with one attached hydrogen (secondary N) is 1. The van der Waals surface area contributed by atoms with E-state index in [-0.39, 0.29) is 12.1 Å². The highest BCUT2D eigenvalue weighted by atomic mass is 32.1. The van der Waals surface area contributed by atoms with Crippen LogP contribution in [0.15, 0.2) is 6.20 Å². The Hall–Kier alpha value is -1.51. The molecule has 110 valence electrons. The number of hydrogen-bond donors (Lipinski definition) is 2. The van der Waals surface area contributed by atoms with Crippen LogP contribution in [0.5, 0.6) is 5.75 Å². The molecule has 0 fully saturated rings. The normalized spacial score (nSPS) is 12.9. The molecule has 3 N–H and O–H groups in total. The van der Waals surface area contributed by atoms with E-state index in [0.717, 1.165) is 22.7 Å². The Bertz CT molecular complexity index is 564. The van der Waals surface area contributed by atoms with Gasteiger partial charge in [0.1, 0.15) is 11.7 Å². The number of hydrazine groups is 1. The van der Waals surface area contributed by atoms with Crippen molar-refractivity contribution >= 4 is 11.5 Å². The Balaban J connectivity index is 2.54. The summed E-state index contributed by atoms with van der Waals surface area (Å²) in [4.78, 5) is 0.996. The minimum absolute atomic E-state index is 0.204. The highest BCUT2D eigenvalue weighted by molar-refractivity contribution is 7.05. The van der Waals surface area contributed by atoms with Gasteiger partial charge in [0.05, 0.1) is 23.9 Å². The molecule has 0 amide bonds. The van der Waals surface area contributed by atoms with Crippen LogP contribution in [0.2, 0.25) is 0 Å². The smallest absolute Gasteiger partial charge is 0.162 e.